The number of rotatable bonds is 12. The Balaban J connectivity index is 2.58. The lowest BCUT2D eigenvalue weighted by Crippen LogP contribution is -2.29. The highest BCUT2D eigenvalue weighted by Gasteiger charge is 2.31. The number of aliphatic hydroxyl groups is 1. The van der Waals surface area contributed by atoms with Crippen molar-refractivity contribution in [1.29, 1.82) is 0 Å². The normalized spacial score (nSPS) is 11.6. The van der Waals surface area contributed by atoms with E-state index in [-0.39, 0.29) is 30.2 Å². The minimum Gasteiger partial charge on any atom is -0.455 e. The lowest BCUT2D eigenvalue weighted by atomic mass is 9.97. The summed E-state index contributed by atoms with van der Waals surface area (Å²) in [4.78, 5) is 17.6. The van der Waals surface area contributed by atoms with Gasteiger partial charge < -0.3 is 15.2 Å². The second-order valence-electron chi connectivity index (χ2n) is 7.93. The Bertz CT molecular complexity index is 958. The first-order valence-corrected chi connectivity index (χ1v) is 11.5. The predicted molar refractivity (Wildman–Crippen MR) is 126 cm³/mol. The number of aromatic nitrogens is 1. The average molecular weight is 502 g/mol. The summed E-state index contributed by atoms with van der Waals surface area (Å²) in [5, 5.41) is 11.8. The van der Waals surface area contributed by atoms with Gasteiger partial charge in [-0.2, -0.15) is 13.2 Å². The van der Waals surface area contributed by atoms with E-state index in [1.807, 2.05) is 13.8 Å². The Morgan fingerprint density at radius 3 is 2.68 bits per heavy atom. The molecule has 0 aliphatic carbocycles. The first-order chi connectivity index (χ1) is 16.1. The summed E-state index contributed by atoms with van der Waals surface area (Å²) in [5.74, 6) is 0.388. The SMILES string of the molecule is COSN(C)c1ncc(Oc2cccc(C(F)(F)F)c2)c(CCC(C)C)c1C(=O)NCCCO. The number of hydrogen-bond donors (Lipinski definition) is 2. The summed E-state index contributed by atoms with van der Waals surface area (Å²) in [7, 11) is 3.16. The molecule has 1 heterocycles. The number of carbonyl (C=O) groups is 1. The smallest absolute Gasteiger partial charge is 0.416 e. The van der Waals surface area contributed by atoms with Crippen molar-refractivity contribution in [2.75, 3.05) is 31.6 Å². The van der Waals surface area contributed by atoms with Crippen molar-refractivity contribution in [2.45, 2.75) is 39.3 Å². The predicted octanol–water partition coefficient (Wildman–Crippen LogP) is 5.24. The number of nitrogens with one attached hydrogen (secondary N) is 1. The van der Waals surface area contributed by atoms with E-state index in [4.69, 9.17) is 14.0 Å². The molecular weight excluding hydrogens is 471 g/mol. The number of halogens is 3. The molecule has 0 saturated carbocycles. The van der Waals surface area contributed by atoms with Gasteiger partial charge in [-0.05, 0) is 43.4 Å². The molecule has 11 heteroatoms. The molecule has 0 spiro atoms. The van der Waals surface area contributed by atoms with Crippen molar-refractivity contribution in [1.82, 2.24) is 10.3 Å². The molecule has 2 N–H and O–H groups in total. The van der Waals surface area contributed by atoms with E-state index in [0.717, 1.165) is 24.4 Å². The molecule has 0 saturated heterocycles. The number of hydrogen-bond acceptors (Lipinski definition) is 7. The molecule has 7 nitrogen and oxygen atoms in total. The Hall–Kier alpha value is -2.50. The van der Waals surface area contributed by atoms with Crippen LogP contribution >= 0.6 is 12.2 Å². The Labute approximate surface area is 202 Å². The van der Waals surface area contributed by atoms with E-state index < -0.39 is 17.6 Å². The zero-order valence-electron chi connectivity index (χ0n) is 19.6. The van der Waals surface area contributed by atoms with Crippen molar-refractivity contribution in [3.8, 4) is 11.5 Å². The molecule has 1 amide bonds. The summed E-state index contributed by atoms with van der Waals surface area (Å²) in [5.41, 5.74) is -0.0622. The molecule has 1 aromatic carbocycles. The van der Waals surface area contributed by atoms with Gasteiger partial charge in [0.25, 0.3) is 5.91 Å². The molecule has 0 fully saturated rings. The Morgan fingerprint density at radius 1 is 1.32 bits per heavy atom. The second kappa shape index (κ2) is 12.8. The van der Waals surface area contributed by atoms with E-state index >= 15 is 0 Å². The molecule has 0 unspecified atom stereocenters. The molecule has 0 atom stereocenters. The topological polar surface area (TPSA) is 83.9 Å². The number of carbonyl (C=O) groups excluding carboxylic acids is 1. The molecule has 0 aliphatic rings. The van der Waals surface area contributed by atoms with E-state index in [2.05, 4.69) is 10.3 Å². The highest BCUT2D eigenvalue weighted by molar-refractivity contribution is 7.96. The van der Waals surface area contributed by atoms with E-state index in [1.54, 1.807) is 11.4 Å². The van der Waals surface area contributed by atoms with E-state index in [1.165, 1.54) is 25.4 Å². The average Bonchev–Trinajstić information content (AvgIpc) is 2.77. The molecule has 188 valence electrons. The third kappa shape index (κ3) is 7.78. The largest absolute Gasteiger partial charge is 0.455 e. The molecule has 2 rings (SSSR count). The number of benzene rings is 1. The van der Waals surface area contributed by atoms with Gasteiger partial charge in [-0.15, -0.1) is 0 Å². The molecule has 0 bridgehead atoms. The lowest BCUT2D eigenvalue weighted by molar-refractivity contribution is -0.137. The van der Waals surface area contributed by atoms with Crippen LogP contribution < -0.4 is 14.4 Å². The van der Waals surface area contributed by atoms with Crippen LogP contribution in [-0.2, 0) is 16.8 Å². The highest BCUT2D eigenvalue weighted by Crippen LogP contribution is 2.37. The van der Waals surface area contributed by atoms with Crippen LogP contribution in [0.4, 0.5) is 19.0 Å². The number of nitrogens with zero attached hydrogens (tertiary/aromatic N) is 2. The summed E-state index contributed by atoms with van der Waals surface area (Å²) in [6, 6.07) is 4.56. The minimum absolute atomic E-state index is 0.0126. The first-order valence-electron chi connectivity index (χ1n) is 10.8. The van der Waals surface area contributed by atoms with Crippen LogP contribution in [0.3, 0.4) is 0 Å². The monoisotopic (exact) mass is 501 g/mol. The van der Waals surface area contributed by atoms with Gasteiger partial charge >= 0.3 is 6.18 Å². The van der Waals surface area contributed by atoms with Crippen molar-refractivity contribution in [2.24, 2.45) is 5.92 Å². The van der Waals surface area contributed by atoms with Gasteiger partial charge in [0.1, 0.15) is 23.7 Å². The number of pyridine rings is 1. The maximum atomic E-state index is 13.2. The minimum atomic E-state index is -4.51. The van der Waals surface area contributed by atoms with Crippen molar-refractivity contribution in [3.63, 3.8) is 0 Å². The van der Waals surface area contributed by atoms with Crippen LogP contribution in [0.2, 0.25) is 0 Å². The molecule has 0 aliphatic heterocycles. The molecule has 1 aromatic heterocycles. The first kappa shape index (κ1) is 27.7. The van der Waals surface area contributed by atoms with Crippen LogP contribution in [-0.4, -0.2) is 43.3 Å². The highest BCUT2D eigenvalue weighted by atomic mass is 32.2. The van der Waals surface area contributed by atoms with Gasteiger partial charge in [0.2, 0.25) is 0 Å². The summed E-state index contributed by atoms with van der Waals surface area (Å²) in [6.07, 6.45) is -1.59. The summed E-state index contributed by atoms with van der Waals surface area (Å²) >= 11 is 0.977. The molecular formula is C23H30F3N3O4S. The van der Waals surface area contributed by atoms with Crippen LogP contribution in [0.5, 0.6) is 11.5 Å². The van der Waals surface area contributed by atoms with Gasteiger partial charge in [-0.1, -0.05) is 19.9 Å². The molecule has 34 heavy (non-hydrogen) atoms. The third-order valence-electron chi connectivity index (χ3n) is 4.82. The fourth-order valence-corrected chi connectivity index (χ4v) is 3.58. The zero-order valence-corrected chi connectivity index (χ0v) is 20.4. The van der Waals surface area contributed by atoms with Crippen molar-refractivity contribution < 1.29 is 32.0 Å². The van der Waals surface area contributed by atoms with Crippen molar-refractivity contribution in [3.05, 3.63) is 47.2 Å². The van der Waals surface area contributed by atoms with Crippen LogP contribution in [0.25, 0.3) is 0 Å². The van der Waals surface area contributed by atoms with Gasteiger partial charge in [-0.25, -0.2) is 4.98 Å². The lowest BCUT2D eigenvalue weighted by Gasteiger charge is -2.23. The second-order valence-corrected chi connectivity index (χ2v) is 8.96. The van der Waals surface area contributed by atoms with Crippen LogP contribution in [0.15, 0.2) is 30.5 Å². The Morgan fingerprint density at radius 2 is 2.06 bits per heavy atom. The van der Waals surface area contributed by atoms with Crippen molar-refractivity contribution >= 4 is 24.0 Å². The standard InChI is InChI=1S/C23H30F3N3O4S/c1-15(2)9-10-18-19(33-17-8-5-7-16(13-17)23(24,25)26)14-28-21(29(3)34-32-4)20(18)22(31)27-11-6-12-30/h5,7-8,13-15,30H,6,9-12H2,1-4H3,(H,27,31). The number of alkyl halides is 3. The van der Waals surface area contributed by atoms with Gasteiger partial charge in [0.05, 0.1) is 24.4 Å². The summed E-state index contributed by atoms with van der Waals surface area (Å²) in [6.45, 7) is 4.23. The summed E-state index contributed by atoms with van der Waals surface area (Å²) < 4.78 is 52.0. The maximum Gasteiger partial charge on any atom is 0.416 e. The number of anilines is 1. The van der Waals surface area contributed by atoms with E-state index in [0.29, 0.717) is 36.6 Å². The van der Waals surface area contributed by atoms with Gasteiger partial charge in [-0.3, -0.25) is 13.3 Å². The fraction of sp³-hybridized carbons (Fsp3) is 0.478. The number of amides is 1. The van der Waals surface area contributed by atoms with Crippen LogP contribution in [0, 0.1) is 5.92 Å². The van der Waals surface area contributed by atoms with Crippen LogP contribution in [0.1, 0.15) is 48.2 Å². The zero-order chi connectivity index (χ0) is 25.3. The third-order valence-corrected chi connectivity index (χ3v) is 5.37. The number of ether oxygens (including phenoxy) is 1. The maximum absolute atomic E-state index is 13.2. The molecule has 0 radical (unpaired) electrons. The molecule has 2 aromatic rings. The van der Waals surface area contributed by atoms with Gasteiger partial charge in [0, 0.05) is 25.8 Å². The number of aliphatic hydroxyl groups excluding tert-OH is 1. The van der Waals surface area contributed by atoms with E-state index in [9.17, 15) is 18.0 Å². The Kier molecular flexibility index (Phi) is 10.5. The quantitative estimate of drug-likeness (QED) is 0.234. The van der Waals surface area contributed by atoms with Gasteiger partial charge in [0.15, 0.2) is 5.82 Å². The fourth-order valence-electron chi connectivity index (χ4n) is 3.15.